The van der Waals surface area contributed by atoms with Gasteiger partial charge in [0.25, 0.3) is 5.91 Å². The summed E-state index contributed by atoms with van der Waals surface area (Å²) in [6.45, 7) is 5.42. The molecule has 0 saturated heterocycles. The fourth-order valence-electron chi connectivity index (χ4n) is 3.74. The Labute approximate surface area is 196 Å². The normalized spacial score (nSPS) is 13.1. The summed E-state index contributed by atoms with van der Waals surface area (Å²) in [4.78, 5) is 21.7. The van der Waals surface area contributed by atoms with Crippen LogP contribution in [0.5, 0.6) is 11.5 Å². The predicted molar refractivity (Wildman–Crippen MR) is 134 cm³/mol. The number of H-pyrrole nitrogens is 1. The van der Waals surface area contributed by atoms with Crippen LogP contribution in [0.2, 0.25) is 0 Å². The molecule has 178 valence electrons. The van der Waals surface area contributed by atoms with Crippen LogP contribution in [0.1, 0.15) is 56.3 Å². The number of aromatic amines is 1. The highest BCUT2D eigenvalue weighted by Gasteiger charge is 2.17. The number of anilines is 1. The Morgan fingerprint density at radius 3 is 2.58 bits per heavy atom. The molecule has 1 aromatic heterocycles. The molecule has 7 heteroatoms. The van der Waals surface area contributed by atoms with Gasteiger partial charge in [0.1, 0.15) is 13.2 Å². The first-order chi connectivity index (χ1) is 16.0. The molecular weight excluding hydrogens is 416 g/mol. The third-order valence-electron chi connectivity index (χ3n) is 5.60. The van der Waals surface area contributed by atoms with Crippen molar-refractivity contribution < 1.29 is 14.3 Å². The minimum absolute atomic E-state index is 0.0264. The van der Waals surface area contributed by atoms with E-state index < -0.39 is 0 Å². The maximum absolute atomic E-state index is 12.4. The van der Waals surface area contributed by atoms with Crippen molar-refractivity contribution in [1.82, 2.24) is 15.3 Å². The lowest BCUT2D eigenvalue weighted by atomic mass is 10.0. The van der Waals surface area contributed by atoms with E-state index in [-0.39, 0.29) is 11.9 Å². The van der Waals surface area contributed by atoms with Gasteiger partial charge in [-0.3, -0.25) is 4.79 Å². The summed E-state index contributed by atoms with van der Waals surface area (Å²) in [6, 6.07) is 11.8. The van der Waals surface area contributed by atoms with Crippen molar-refractivity contribution in [2.75, 3.05) is 32.2 Å². The van der Waals surface area contributed by atoms with Crippen molar-refractivity contribution in [3.8, 4) is 11.5 Å². The number of carbonyl (C=O) groups excluding carboxylic acids is 1. The lowest BCUT2D eigenvalue weighted by Gasteiger charge is -2.20. The van der Waals surface area contributed by atoms with Crippen LogP contribution in [0.3, 0.4) is 0 Å². The Balaban J connectivity index is 0.000000215. The molecule has 1 unspecified atom stereocenters. The second-order valence-electron chi connectivity index (χ2n) is 8.46. The fraction of sp³-hybridized carbons (Fsp3) is 0.462. The zero-order chi connectivity index (χ0) is 23.6. The third kappa shape index (κ3) is 6.88. The van der Waals surface area contributed by atoms with Crippen LogP contribution in [-0.4, -0.2) is 49.2 Å². The molecule has 7 nitrogen and oxygen atoms in total. The Bertz CT molecular complexity index is 1030. The van der Waals surface area contributed by atoms with Crippen LogP contribution in [0.4, 0.5) is 5.69 Å². The van der Waals surface area contributed by atoms with E-state index in [4.69, 9.17) is 9.47 Å². The Morgan fingerprint density at radius 2 is 1.85 bits per heavy atom. The van der Waals surface area contributed by atoms with Crippen molar-refractivity contribution in [3.05, 3.63) is 48.3 Å². The molecule has 1 aliphatic rings. The number of benzene rings is 2. The van der Waals surface area contributed by atoms with Crippen molar-refractivity contribution >= 4 is 22.6 Å². The largest absolute Gasteiger partial charge is 0.486 e. The molecule has 1 aliphatic heterocycles. The van der Waals surface area contributed by atoms with E-state index in [0.717, 1.165) is 43.1 Å². The van der Waals surface area contributed by atoms with Gasteiger partial charge < -0.3 is 24.7 Å². The highest BCUT2D eigenvalue weighted by molar-refractivity contribution is 5.95. The van der Waals surface area contributed by atoms with Crippen LogP contribution < -0.4 is 19.7 Å². The number of carbonyl (C=O) groups is 1. The Kier molecular flexibility index (Phi) is 8.98. The Morgan fingerprint density at radius 1 is 1.06 bits per heavy atom. The lowest BCUT2D eigenvalue weighted by Crippen LogP contribution is -2.34. The highest BCUT2D eigenvalue weighted by atomic mass is 16.6. The maximum atomic E-state index is 12.4. The summed E-state index contributed by atoms with van der Waals surface area (Å²) in [7, 11) is 4.05. The number of hydrogen-bond acceptors (Lipinski definition) is 5. The number of ether oxygens (including phenoxy) is 2. The average Bonchev–Trinajstić information content (AvgIpc) is 3.30. The third-order valence-corrected chi connectivity index (χ3v) is 5.60. The molecule has 33 heavy (non-hydrogen) atoms. The van der Waals surface area contributed by atoms with Crippen LogP contribution in [0.15, 0.2) is 42.7 Å². The summed E-state index contributed by atoms with van der Waals surface area (Å²) in [5.74, 6) is 1.35. The summed E-state index contributed by atoms with van der Waals surface area (Å²) in [5, 5.41) is 3.14. The first kappa shape index (κ1) is 24.4. The van der Waals surface area contributed by atoms with Crippen LogP contribution in [0.25, 0.3) is 11.0 Å². The van der Waals surface area contributed by atoms with E-state index in [1.165, 1.54) is 5.69 Å². The quantitative estimate of drug-likeness (QED) is 0.493. The standard InChI is InChI=1S/C17H25NO3.C9H11N3/c1-3-5-7-14(6-4-2)18-17(19)13-8-9-15-16(12-13)21-11-10-20-15;1-12(2)7-3-4-8-9(5-7)11-6-10-8/h8-9,12,14H,3-7,10-11H2,1-2H3,(H,18,19);3-6H,1-2H3,(H,10,11). The molecule has 3 aromatic rings. The molecule has 4 rings (SSSR count). The molecule has 0 saturated carbocycles. The number of fused-ring (bicyclic) bond motifs is 2. The van der Waals surface area contributed by atoms with E-state index in [1.54, 1.807) is 18.5 Å². The predicted octanol–water partition coefficient (Wildman–Crippen LogP) is 5.18. The number of hydrogen-bond donors (Lipinski definition) is 2. The summed E-state index contributed by atoms with van der Waals surface area (Å²) < 4.78 is 11.0. The van der Waals surface area contributed by atoms with Gasteiger partial charge >= 0.3 is 0 Å². The molecule has 2 heterocycles. The number of rotatable bonds is 8. The number of nitrogens with zero attached hydrogens (tertiary/aromatic N) is 2. The van der Waals surface area contributed by atoms with E-state index >= 15 is 0 Å². The lowest BCUT2D eigenvalue weighted by molar-refractivity contribution is 0.0931. The van der Waals surface area contributed by atoms with E-state index in [2.05, 4.69) is 46.2 Å². The van der Waals surface area contributed by atoms with Gasteiger partial charge in [-0.05, 0) is 49.2 Å². The van der Waals surface area contributed by atoms with Gasteiger partial charge in [0, 0.05) is 31.4 Å². The van der Waals surface area contributed by atoms with Crippen LogP contribution in [0, 0.1) is 0 Å². The van der Waals surface area contributed by atoms with Crippen molar-refractivity contribution in [3.63, 3.8) is 0 Å². The molecule has 0 fully saturated rings. The number of amides is 1. The second kappa shape index (κ2) is 12.1. The summed E-state index contributed by atoms with van der Waals surface area (Å²) in [5.41, 5.74) is 3.92. The number of imidazole rings is 1. The van der Waals surface area contributed by atoms with Crippen molar-refractivity contribution in [2.45, 2.75) is 52.0 Å². The molecule has 2 N–H and O–H groups in total. The zero-order valence-corrected chi connectivity index (χ0v) is 20.2. The fourth-order valence-corrected chi connectivity index (χ4v) is 3.74. The van der Waals surface area contributed by atoms with Gasteiger partial charge in [0.15, 0.2) is 11.5 Å². The van der Waals surface area contributed by atoms with E-state index in [9.17, 15) is 4.79 Å². The SMILES string of the molecule is CCCCC(CCC)NC(=O)c1ccc2c(c1)OCCO2.CN(C)c1ccc2nc[nH]c2c1. The minimum atomic E-state index is -0.0264. The number of aromatic nitrogens is 2. The topological polar surface area (TPSA) is 79.5 Å². The van der Waals surface area contributed by atoms with E-state index in [1.807, 2.05) is 26.2 Å². The first-order valence-corrected chi connectivity index (χ1v) is 11.8. The molecule has 0 spiro atoms. The number of nitrogens with one attached hydrogen (secondary N) is 2. The first-order valence-electron chi connectivity index (χ1n) is 11.8. The minimum Gasteiger partial charge on any atom is -0.486 e. The van der Waals surface area contributed by atoms with E-state index in [0.29, 0.717) is 30.3 Å². The maximum Gasteiger partial charge on any atom is 0.251 e. The highest BCUT2D eigenvalue weighted by Crippen LogP contribution is 2.30. The Hall–Kier alpha value is -3.22. The smallest absolute Gasteiger partial charge is 0.251 e. The van der Waals surface area contributed by atoms with Gasteiger partial charge in [-0.15, -0.1) is 0 Å². The second-order valence-corrected chi connectivity index (χ2v) is 8.46. The molecule has 1 amide bonds. The van der Waals surface area contributed by atoms with Crippen molar-refractivity contribution in [2.24, 2.45) is 0 Å². The molecule has 0 aliphatic carbocycles. The summed E-state index contributed by atoms with van der Waals surface area (Å²) >= 11 is 0. The van der Waals surface area contributed by atoms with Gasteiger partial charge in [-0.2, -0.15) is 0 Å². The molecule has 0 bridgehead atoms. The summed E-state index contributed by atoms with van der Waals surface area (Å²) in [6.07, 6.45) is 7.16. The van der Waals surface area contributed by atoms with Gasteiger partial charge in [0.05, 0.1) is 17.4 Å². The van der Waals surface area contributed by atoms with Crippen LogP contribution >= 0.6 is 0 Å². The molecule has 0 radical (unpaired) electrons. The van der Waals surface area contributed by atoms with Gasteiger partial charge in [-0.1, -0.05) is 33.1 Å². The van der Waals surface area contributed by atoms with Crippen LogP contribution in [-0.2, 0) is 0 Å². The zero-order valence-electron chi connectivity index (χ0n) is 20.2. The monoisotopic (exact) mass is 452 g/mol. The van der Waals surface area contributed by atoms with Gasteiger partial charge in [-0.25, -0.2) is 4.98 Å². The average molecular weight is 453 g/mol. The van der Waals surface area contributed by atoms with Crippen molar-refractivity contribution in [1.29, 1.82) is 0 Å². The van der Waals surface area contributed by atoms with Gasteiger partial charge in [0.2, 0.25) is 0 Å². The molecule has 1 atom stereocenters. The number of unbranched alkanes of at least 4 members (excludes halogenated alkanes) is 1. The molecular formula is C26H36N4O3. The molecule has 2 aromatic carbocycles.